The van der Waals surface area contributed by atoms with E-state index in [-0.39, 0.29) is 11.9 Å². The van der Waals surface area contributed by atoms with Gasteiger partial charge in [-0.15, -0.1) is 9.81 Å². The summed E-state index contributed by atoms with van der Waals surface area (Å²) in [7, 11) is 4.08. The van der Waals surface area contributed by atoms with Gasteiger partial charge < -0.3 is 20.6 Å². The van der Waals surface area contributed by atoms with Crippen LogP contribution in [0.2, 0.25) is 0 Å². The van der Waals surface area contributed by atoms with Gasteiger partial charge >= 0.3 is 0 Å². The summed E-state index contributed by atoms with van der Waals surface area (Å²) >= 11 is 0. The fourth-order valence-electron chi connectivity index (χ4n) is 2.51. The van der Waals surface area contributed by atoms with Crippen molar-refractivity contribution in [1.29, 1.82) is 0 Å². The molecule has 0 spiro atoms. The molecule has 1 aromatic rings. The van der Waals surface area contributed by atoms with Gasteiger partial charge in [-0.2, -0.15) is 0 Å². The average molecular weight is 355 g/mol. The fourth-order valence-corrected chi connectivity index (χ4v) is 2.51. The van der Waals surface area contributed by atoms with E-state index in [4.69, 9.17) is 20.2 Å². The maximum atomic E-state index is 12.4. The van der Waals surface area contributed by atoms with Crippen molar-refractivity contribution in [2.45, 2.75) is 19.9 Å². The summed E-state index contributed by atoms with van der Waals surface area (Å²) in [6.07, 6.45) is 0. The predicted octanol–water partition coefficient (Wildman–Crippen LogP) is 1.77. The summed E-state index contributed by atoms with van der Waals surface area (Å²) in [5, 5.41) is 18.9. The third-order valence-corrected chi connectivity index (χ3v) is 3.88. The van der Waals surface area contributed by atoms with E-state index in [1.54, 1.807) is 0 Å². The van der Waals surface area contributed by atoms with E-state index in [0.717, 1.165) is 36.4 Å². The Morgan fingerprint density at radius 2 is 1.60 bits per heavy atom. The van der Waals surface area contributed by atoms with Crippen LogP contribution in [0.15, 0.2) is 28.9 Å². The molecule has 0 saturated carbocycles. The number of hydrogen-bond acceptors (Lipinski definition) is 7. The highest BCUT2D eigenvalue weighted by Gasteiger charge is 2.28. The maximum absolute atomic E-state index is 12.4. The van der Waals surface area contributed by atoms with Crippen LogP contribution >= 0.6 is 0 Å². The summed E-state index contributed by atoms with van der Waals surface area (Å²) in [4.78, 5) is 33.0. The van der Waals surface area contributed by atoms with Gasteiger partial charge in [0.05, 0.1) is 0 Å². The number of nitrogens with one attached hydrogen (secondary N) is 1. The molecule has 0 aromatic heterocycles. The molecule has 1 amide bonds. The molecule has 25 heavy (non-hydrogen) atoms. The van der Waals surface area contributed by atoms with Crippen LogP contribution in [-0.4, -0.2) is 65.9 Å². The Hall–Kier alpha value is -2.59. The molecular weight excluding hydrogens is 330 g/mol. The number of piperazine rings is 1. The van der Waals surface area contributed by atoms with Crippen LogP contribution in [-0.2, 0) is 4.79 Å². The minimum atomic E-state index is -0.0715. The maximum Gasteiger partial charge on any atom is 0.243 e. The first-order valence-electron chi connectivity index (χ1n) is 7.51. The van der Waals surface area contributed by atoms with Gasteiger partial charge in [0, 0.05) is 25.3 Å². The molecule has 10 heteroatoms. The Morgan fingerprint density at radius 3 is 2.08 bits per heavy atom. The molecule has 1 unspecified atom stereocenters. The topological polar surface area (TPSA) is 135 Å². The molecule has 10 nitrogen and oxygen atoms in total. The zero-order valence-electron chi connectivity index (χ0n) is 14.8. The monoisotopic (exact) mass is 355 g/mol. The molecule has 0 bridgehead atoms. The van der Waals surface area contributed by atoms with Gasteiger partial charge in [-0.1, -0.05) is 18.2 Å². The first-order valence-corrected chi connectivity index (χ1v) is 7.51. The van der Waals surface area contributed by atoms with Gasteiger partial charge in [0.15, 0.2) is 10.7 Å². The number of likely N-dealkylation sites (N-methyl/N-ethyl adjacent to an activating group) is 2. The summed E-state index contributed by atoms with van der Waals surface area (Å²) < 4.78 is 0. The quantitative estimate of drug-likeness (QED) is 0.543. The molecule has 1 fully saturated rings. The predicted molar refractivity (Wildman–Crippen MR) is 93.6 cm³/mol. The third kappa shape index (κ3) is 7.68. The molecule has 1 aliphatic rings. The standard InChI is InChI=1S/C15H23N3O.2HNO2/c1-11-6-5-7-12(2)14(11)16-15(19)13-10-17(3)8-9-18(13)4;2*2-1-3/h5-7,13H,8-10H2,1-4H3,(H,16,19);2*(H,2,3). The van der Waals surface area contributed by atoms with E-state index in [0.29, 0.717) is 0 Å². The van der Waals surface area contributed by atoms with Crippen LogP contribution in [0.4, 0.5) is 5.69 Å². The molecule has 140 valence electrons. The Kier molecular flexibility index (Phi) is 10.6. The van der Waals surface area contributed by atoms with Crippen LogP contribution in [0, 0.1) is 23.7 Å². The molecule has 0 aliphatic carbocycles. The summed E-state index contributed by atoms with van der Waals surface area (Å²) in [6, 6.07) is 6.00. The van der Waals surface area contributed by atoms with Crippen LogP contribution in [0.25, 0.3) is 0 Å². The van der Waals surface area contributed by atoms with Gasteiger partial charge in [0.2, 0.25) is 5.91 Å². The second-order valence-corrected chi connectivity index (χ2v) is 5.68. The number of aryl methyl sites for hydroxylation is 2. The Bertz CT molecular complexity index is 543. The van der Waals surface area contributed by atoms with Gasteiger partial charge in [0.1, 0.15) is 6.04 Å². The number of para-hydroxylation sites is 1. The number of hydrogen-bond donors (Lipinski definition) is 3. The lowest BCUT2D eigenvalue weighted by molar-refractivity contribution is -0.122. The summed E-state index contributed by atoms with van der Waals surface area (Å²) in [6.45, 7) is 6.79. The second-order valence-electron chi connectivity index (χ2n) is 5.68. The minimum absolute atomic E-state index is 0.0715. The minimum Gasteiger partial charge on any atom is -0.379 e. The number of carbonyl (C=O) groups excluding carboxylic acids is 1. The molecule has 1 atom stereocenters. The van der Waals surface area contributed by atoms with E-state index < -0.39 is 0 Å². The molecule has 1 heterocycles. The van der Waals surface area contributed by atoms with E-state index >= 15 is 0 Å². The lowest BCUT2D eigenvalue weighted by atomic mass is 10.1. The number of benzene rings is 1. The van der Waals surface area contributed by atoms with Crippen molar-refractivity contribution in [2.24, 2.45) is 10.7 Å². The lowest BCUT2D eigenvalue weighted by Gasteiger charge is -2.36. The van der Waals surface area contributed by atoms with E-state index in [2.05, 4.69) is 22.2 Å². The Balaban J connectivity index is 0.000000844. The van der Waals surface area contributed by atoms with Gasteiger partial charge in [-0.3, -0.25) is 9.69 Å². The van der Waals surface area contributed by atoms with Crippen LogP contribution < -0.4 is 5.32 Å². The van der Waals surface area contributed by atoms with E-state index in [9.17, 15) is 4.79 Å². The van der Waals surface area contributed by atoms with Crippen LogP contribution in [0.3, 0.4) is 0 Å². The average Bonchev–Trinajstić information content (AvgIpc) is 2.55. The molecule has 1 aliphatic heterocycles. The second kappa shape index (κ2) is 11.9. The summed E-state index contributed by atoms with van der Waals surface area (Å²) in [5.41, 5.74) is 3.18. The van der Waals surface area contributed by atoms with E-state index in [1.165, 1.54) is 10.7 Å². The SMILES string of the molecule is Cc1cccc(C)c1NC(=O)C1CN(C)CCN1C.O=NO.O=NO. The number of anilines is 1. The largest absolute Gasteiger partial charge is 0.379 e. The number of rotatable bonds is 2. The first kappa shape index (κ1) is 22.4. The Morgan fingerprint density at radius 1 is 1.12 bits per heavy atom. The number of amides is 1. The van der Waals surface area contributed by atoms with Gasteiger partial charge in [-0.05, 0) is 39.1 Å². The van der Waals surface area contributed by atoms with Crippen molar-refractivity contribution in [3.8, 4) is 0 Å². The van der Waals surface area contributed by atoms with E-state index in [1.807, 2.05) is 39.1 Å². The molecular formula is C15H25N5O5. The van der Waals surface area contributed by atoms with Crippen molar-refractivity contribution in [2.75, 3.05) is 39.0 Å². The summed E-state index contributed by atoms with van der Waals surface area (Å²) in [5.74, 6) is 0.0893. The normalized spacial score (nSPS) is 17.2. The highest BCUT2D eigenvalue weighted by Crippen LogP contribution is 2.20. The molecule has 1 saturated heterocycles. The number of nitrogens with zero attached hydrogens (tertiary/aromatic N) is 4. The highest BCUT2D eigenvalue weighted by molar-refractivity contribution is 5.96. The third-order valence-electron chi connectivity index (χ3n) is 3.88. The molecule has 1 aromatic carbocycles. The van der Waals surface area contributed by atoms with Crippen molar-refractivity contribution in [1.82, 2.24) is 9.80 Å². The zero-order valence-corrected chi connectivity index (χ0v) is 14.8. The lowest BCUT2D eigenvalue weighted by Crippen LogP contribution is -2.55. The van der Waals surface area contributed by atoms with Crippen LogP contribution in [0.1, 0.15) is 11.1 Å². The van der Waals surface area contributed by atoms with Crippen molar-refractivity contribution < 1.29 is 15.2 Å². The van der Waals surface area contributed by atoms with Gasteiger partial charge in [0.25, 0.3) is 0 Å². The van der Waals surface area contributed by atoms with Crippen molar-refractivity contribution in [3.05, 3.63) is 39.1 Å². The van der Waals surface area contributed by atoms with Crippen LogP contribution in [0.5, 0.6) is 0 Å². The van der Waals surface area contributed by atoms with Crippen molar-refractivity contribution in [3.63, 3.8) is 0 Å². The smallest absolute Gasteiger partial charge is 0.243 e. The number of carbonyl (C=O) groups is 1. The highest BCUT2D eigenvalue weighted by atomic mass is 16.6. The van der Waals surface area contributed by atoms with Gasteiger partial charge in [-0.25, -0.2) is 0 Å². The molecule has 0 radical (unpaired) electrons. The zero-order chi connectivity index (χ0) is 19.4. The molecule has 3 N–H and O–H groups in total. The molecule has 2 rings (SSSR count). The van der Waals surface area contributed by atoms with Crippen molar-refractivity contribution >= 4 is 11.6 Å². The fraction of sp³-hybridized carbons (Fsp3) is 0.533. The first-order chi connectivity index (χ1) is 11.8. The Labute approximate surface area is 146 Å².